The van der Waals surface area contributed by atoms with Crippen LogP contribution in [-0.2, 0) is 6.42 Å². The molecule has 74 valence electrons. The monoisotopic (exact) mass is 183 g/mol. The minimum atomic E-state index is -0.0943. The van der Waals surface area contributed by atoms with Gasteiger partial charge in [-0.25, -0.2) is 0 Å². The largest absolute Gasteiger partial charge is 0.338 e. The molecule has 0 spiro atoms. The van der Waals surface area contributed by atoms with Gasteiger partial charge in [-0.1, -0.05) is 25.4 Å². The number of nitrogens with two attached hydrogens (primary N) is 1. The van der Waals surface area contributed by atoms with Gasteiger partial charge in [0.2, 0.25) is 5.89 Å². The van der Waals surface area contributed by atoms with E-state index in [1.807, 2.05) is 0 Å². The first-order valence-corrected chi connectivity index (χ1v) is 4.86. The number of nitrogens with zero attached hydrogens (tertiary/aromatic N) is 2. The zero-order chi connectivity index (χ0) is 9.68. The van der Waals surface area contributed by atoms with E-state index in [0.29, 0.717) is 5.89 Å². The van der Waals surface area contributed by atoms with Gasteiger partial charge in [0.25, 0.3) is 0 Å². The Morgan fingerprint density at radius 1 is 1.38 bits per heavy atom. The van der Waals surface area contributed by atoms with Crippen molar-refractivity contribution < 1.29 is 4.52 Å². The fourth-order valence-corrected chi connectivity index (χ4v) is 1.18. The maximum atomic E-state index is 5.82. The zero-order valence-electron chi connectivity index (χ0n) is 8.29. The normalized spacial score (nSPS) is 13.2. The molecule has 0 aliphatic carbocycles. The first-order valence-electron chi connectivity index (χ1n) is 4.86. The van der Waals surface area contributed by atoms with E-state index in [1.54, 1.807) is 0 Å². The van der Waals surface area contributed by atoms with Crippen LogP contribution in [0.3, 0.4) is 0 Å². The minimum Gasteiger partial charge on any atom is -0.338 e. The van der Waals surface area contributed by atoms with E-state index in [-0.39, 0.29) is 6.04 Å². The Hall–Kier alpha value is -0.900. The molecule has 0 amide bonds. The molecule has 0 aliphatic heterocycles. The van der Waals surface area contributed by atoms with Gasteiger partial charge in [0.1, 0.15) is 0 Å². The summed E-state index contributed by atoms with van der Waals surface area (Å²) in [5.74, 6) is 1.34. The molecule has 2 N–H and O–H groups in total. The van der Waals surface area contributed by atoms with Crippen LogP contribution in [0.5, 0.6) is 0 Å². The predicted octanol–water partition coefficient (Wildman–Crippen LogP) is 1.82. The van der Waals surface area contributed by atoms with Gasteiger partial charge in [-0.15, -0.1) is 0 Å². The summed E-state index contributed by atoms with van der Waals surface area (Å²) in [7, 11) is 0. The van der Waals surface area contributed by atoms with E-state index in [4.69, 9.17) is 10.3 Å². The Morgan fingerprint density at radius 3 is 2.77 bits per heavy atom. The molecule has 0 saturated heterocycles. The quantitative estimate of drug-likeness (QED) is 0.756. The second kappa shape index (κ2) is 4.97. The van der Waals surface area contributed by atoms with Crippen LogP contribution >= 0.6 is 0 Å². The van der Waals surface area contributed by atoms with Crippen molar-refractivity contribution in [1.82, 2.24) is 10.1 Å². The van der Waals surface area contributed by atoms with Gasteiger partial charge < -0.3 is 10.3 Å². The fraction of sp³-hybridized carbons (Fsp3) is 0.778. The van der Waals surface area contributed by atoms with Crippen LogP contribution in [0.4, 0.5) is 0 Å². The van der Waals surface area contributed by atoms with E-state index in [9.17, 15) is 0 Å². The van der Waals surface area contributed by atoms with Gasteiger partial charge in [-0.2, -0.15) is 4.98 Å². The highest BCUT2D eigenvalue weighted by Gasteiger charge is 2.12. The van der Waals surface area contributed by atoms with E-state index >= 15 is 0 Å². The molecule has 1 aromatic heterocycles. The molecule has 0 bridgehead atoms. The van der Waals surface area contributed by atoms with Crippen LogP contribution in [0.25, 0.3) is 0 Å². The number of hydrogen-bond donors (Lipinski definition) is 1. The lowest BCUT2D eigenvalue weighted by Crippen LogP contribution is -2.10. The second-order valence-electron chi connectivity index (χ2n) is 3.19. The minimum absolute atomic E-state index is 0.0943. The van der Waals surface area contributed by atoms with Crippen molar-refractivity contribution in [1.29, 1.82) is 0 Å². The standard InChI is InChI=1S/C9H17N3O/c1-3-5-7(10)9-11-8(6-4-2)12-13-9/h7H,3-6,10H2,1-2H3/t7-/m0/s1. The third kappa shape index (κ3) is 2.81. The summed E-state index contributed by atoms with van der Waals surface area (Å²) in [6, 6.07) is -0.0943. The highest BCUT2D eigenvalue weighted by molar-refractivity contribution is 4.91. The molecule has 13 heavy (non-hydrogen) atoms. The molecule has 1 aromatic rings. The SMILES string of the molecule is CCCc1noc([C@@H](N)CCC)n1. The van der Waals surface area contributed by atoms with Crippen molar-refractivity contribution in [2.45, 2.75) is 45.6 Å². The maximum Gasteiger partial charge on any atom is 0.243 e. The Bertz CT molecular complexity index is 247. The Labute approximate surface area is 78.5 Å². The van der Waals surface area contributed by atoms with Gasteiger partial charge in [-0.05, 0) is 12.8 Å². The van der Waals surface area contributed by atoms with Crippen LogP contribution < -0.4 is 5.73 Å². The second-order valence-corrected chi connectivity index (χ2v) is 3.19. The fourth-order valence-electron chi connectivity index (χ4n) is 1.18. The summed E-state index contributed by atoms with van der Waals surface area (Å²) in [4.78, 5) is 4.22. The number of aryl methyl sites for hydroxylation is 1. The van der Waals surface area contributed by atoms with Crippen molar-refractivity contribution >= 4 is 0 Å². The van der Waals surface area contributed by atoms with Crippen molar-refractivity contribution in [2.75, 3.05) is 0 Å². The van der Waals surface area contributed by atoms with Gasteiger partial charge in [-0.3, -0.25) is 0 Å². The van der Waals surface area contributed by atoms with Crippen molar-refractivity contribution in [3.8, 4) is 0 Å². The smallest absolute Gasteiger partial charge is 0.243 e. The molecular formula is C9H17N3O. The lowest BCUT2D eigenvalue weighted by molar-refractivity contribution is 0.344. The zero-order valence-corrected chi connectivity index (χ0v) is 8.29. The van der Waals surface area contributed by atoms with E-state index in [1.165, 1.54) is 0 Å². The summed E-state index contributed by atoms with van der Waals surface area (Å²) in [5, 5.41) is 3.84. The van der Waals surface area contributed by atoms with E-state index < -0.39 is 0 Å². The molecule has 1 heterocycles. The predicted molar refractivity (Wildman–Crippen MR) is 50.1 cm³/mol. The summed E-state index contributed by atoms with van der Waals surface area (Å²) >= 11 is 0. The molecule has 4 heteroatoms. The average Bonchev–Trinajstić information content (AvgIpc) is 2.54. The van der Waals surface area contributed by atoms with Crippen molar-refractivity contribution in [3.63, 3.8) is 0 Å². The number of hydrogen-bond acceptors (Lipinski definition) is 4. The third-order valence-electron chi connectivity index (χ3n) is 1.87. The first kappa shape index (κ1) is 10.2. The molecule has 1 atom stereocenters. The number of rotatable bonds is 5. The van der Waals surface area contributed by atoms with Crippen molar-refractivity contribution in [3.05, 3.63) is 11.7 Å². The molecule has 0 unspecified atom stereocenters. The van der Waals surface area contributed by atoms with Crippen LogP contribution in [0.1, 0.15) is 50.9 Å². The van der Waals surface area contributed by atoms with Crippen molar-refractivity contribution in [2.24, 2.45) is 5.73 Å². The Kier molecular flexibility index (Phi) is 3.89. The summed E-state index contributed by atoms with van der Waals surface area (Å²) in [6.45, 7) is 4.17. The number of aromatic nitrogens is 2. The summed E-state index contributed by atoms with van der Waals surface area (Å²) < 4.78 is 5.05. The Morgan fingerprint density at radius 2 is 2.15 bits per heavy atom. The molecular weight excluding hydrogens is 166 g/mol. The van der Waals surface area contributed by atoms with E-state index in [0.717, 1.165) is 31.5 Å². The van der Waals surface area contributed by atoms with E-state index in [2.05, 4.69) is 24.0 Å². The Balaban J connectivity index is 2.56. The molecule has 0 aromatic carbocycles. The first-order chi connectivity index (χ1) is 6.27. The average molecular weight is 183 g/mol. The van der Waals surface area contributed by atoms with Crippen LogP contribution in [0.15, 0.2) is 4.52 Å². The van der Waals surface area contributed by atoms with Gasteiger partial charge in [0.05, 0.1) is 6.04 Å². The molecule has 1 rings (SSSR count). The molecule has 0 aliphatic rings. The molecule has 4 nitrogen and oxygen atoms in total. The van der Waals surface area contributed by atoms with Gasteiger partial charge in [0, 0.05) is 6.42 Å². The topological polar surface area (TPSA) is 64.9 Å². The maximum absolute atomic E-state index is 5.82. The van der Waals surface area contributed by atoms with Crippen LogP contribution in [0, 0.1) is 0 Å². The van der Waals surface area contributed by atoms with Crippen LogP contribution in [-0.4, -0.2) is 10.1 Å². The summed E-state index contributed by atoms with van der Waals surface area (Å²) in [6.07, 6.45) is 3.82. The lowest BCUT2D eigenvalue weighted by Gasteiger charge is -2.01. The molecule has 0 saturated carbocycles. The lowest BCUT2D eigenvalue weighted by atomic mass is 10.2. The van der Waals surface area contributed by atoms with Gasteiger partial charge >= 0.3 is 0 Å². The molecule has 0 radical (unpaired) electrons. The molecule has 0 fully saturated rings. The highest BCUT2D eigenvalue weighted by atomic mass is 16.5. The third-order valence-corrected chi connectivity index (χ3v) is 1.87. The highest BCUT2D eigenvalue weighted by Crippen LogP contribution is 2.13. The van der Waals surface area contributed by atoms with Gasteiger partial charge in [0.15, 0.2) is 5.82 Å². The summed E-state index contributed by atoms with van der Waals surface area (Å²) in [5.41, 5.74) is 5.82. The van der Waals surface area contributed by atoms with Crippen LogP contribution in [0.2, 0.25) is 0 Å².